The third-order valence-electron chi connectivity index (χ3n) is 3.51. The molecule has 19 heavy (non-hydrogen) atoms. The fourth-order valence-corrected chi connectivity index (χ4v) is 2.44. The smallest absolute Gasteiger partial charge is 0.219 e. The van der Waals surface area contributed by atoms with E-state index in [0.717, 1.165) is 37.4 Å². The molecule has 1 atom stereocenters. The average Bonchev–Trinajstić information content (AvgIpc) is 2.64. The highest BCUT2D eigenvalue weighted by Crippen LogP contribution is 2.24. The van der Waals surface area contributed by atoms with Crippen LogP contribution in [0.3, 0.4) is 0 Å². The van der Waals surface area contributed by atoms with Crippen molar-refractivity contribution in [1.82, 2.24) is 9.88 Å². The number of anilines is 1. The first-order valence-electron chi connectivity index (χ1n) is 6.73. The maximum atomic E-state index is 11.4. The number of carbonyl (C=O) groups is 1. The summed E-state index contributed by atoms with van der Waals surface area (Å²) in [6.45, 7) is 6.49. The van der Waals surface area contributed by atoms with Gasteiger partial charge in [0.15, 0.2) is 0 Å². The molecule has 104 valence electrons. The summed E-state index contributed by atoms with van der Waals surface area (Å²) in [5.41, 5.74) is 0.846. The van der Waals surface area contributed by atoms with Crippen LogP contribution in [-0.2, 0) is 4.79 Å². The lowest BCUT2D eigenvalue weighted by molar-refractivity contribution is -0.128. The predicted octanol–water partition coefficient (Wildman–Crippen LogP) is 1.19. The van der Waals surface area contributed by atoms with Crippen LogP contribution in [0.4, 0.5) is 5.82 Å². The summed E-state index contributed by atoms with van der Waals surface area (Å²) in [5, 5.41) is 9.81. The van der Waals surface area contributed by atoms with Crippen molar-refractivity contribution in [1.29, 1.82) is 0 Å². The van der Waals surface area contributed by atoms with Gasteiger partial charge >= 0.3 is 0 Å². The van der Waals surface area contributed by atoms with Crippen molar-refractivity contribution < 1.29 is 9.90 Å². The van der Waals surface area contributed by atoms with Gasteiger partial charge in [-0.3, -0.25) is 4.79 Å². The monoisotopic (exact) mass is 263 g/mol. The molecule has 0 aliphatic carbocycles. The predicted molar refractivity (Wildman–Crippen MR) is 74.0 cm³/mol. The molecular formula is C14H21N3O2. The van der Waals surface area contributed by atoms with Gasteiger partial charge < -0.3 is 14.9 Å². The highest BCUT2D eigenvalue weighted by atomic mass is 16.3. The third kappa shape index (κ3) is 3.23. The minimum absolute atomic E-state index is 0.124. The largest absolute Gasteiger partial charge is 0.389 e. The van der Waals surface area contributed by atoms with E-state index < -0.39 is 6.10 Å². The summed E-state index contributed by atoms with van der Waals surface area (Å²) in [6.07, 6.45) is 2.14. The van der Waals surface area contributed by atoms with Crippen LogP contribution in [0, 0.1) is 0 Å². The summed E-state index contributed by atoms with van der Waals surface area (Å²) in [6, 6.07) is 3.74. The fourth-order valence-electron chi connectivity index (χ4n) is 2.44. The van der Waals surface area contributed by atoms with Crippen molar-refractivity contribution in [2.75, 3.05) is 31.1 Å². The Balaban J connectivity index is 2.16. The first-order chi connectivity index (χ1) is 9.09. The fraction of sp³-hybridized carbons (Fsp3) is 0.571. The van der Waals surface area contributed by atoms with Crippen LogP contribution in [0.15, 0.2) is 18.3 Å². The van der Waals surface area contributed by atoms with Gasteiger partial charge in [0.05, 0.1) is 6.10 Å². The van der Waals surface area contributed by atoms with E-state index in [1.165, 1.54) is 0 Å². The SMILES string of the molecule is CC(=O)N1CCCN(c2ncccc2[C@H](C)O)CC1. The highest BCUT2D eigenvalue weighted by Gasteiger charge is 2.20. The van der Waals surface area contributed by atoms with Crippen molar-refractivity contribution in [3.63, 3.8) is 0 Å². The number of rotatable bonds is 2. The van der Waals surface area contributed by atoms with E-state index in [-0.39, 0.29) is 5.91 Å². The second-order valence-electron chi connectivity index (χ2n) is 4.94. The molecule has 2 heterocycles. The number of pyridine rings is 1. The Hall–Kier alpha value is -1.62. The van der Waals surface area contributed by atoms with Crippen molar-refractivity contribution in [2.24, 2.45) is 0 Å². The molecule has 5 nitrogen and oxygen atoms in total. The zero-order chi connectivity index (χ0) is 13.8. The molecule has 0 saturated carbocycles. The van der Waals surface area contributed by atoms with Gasteiger partial charge in [0.1, 0.15) is 5.82 Å². The first-order valence-corrected chi connectivity index (χ1v) is 6.73. The van der Waals surface area contributed by atoms with Crippen LogP contribution < -0.4 is 4.90 Å². The normalized spacial score (nSPS) is 18.1. The van der Waals surface area contributed by atoms with Crippen molar-refractivity contribution in [3.05, 3.63) is 23.9 Å². The van der Waals surface area contributed by atoms with Gasteiger partial charge in [0.25, 0.3) is 0 Å². The molecule has 1 fully saturated rings. The van der Waals surface area contributed by atoms with Gasteiger partial charge in [0.2, 0.25) is 5.91 Å². The Morgan fingerprint density at radius 1 is 1.37 bits per heavy atom. The van der Waals surface area contributed by atoms with Gasteiger partial charge in [-0.15, -0.1) is 0 Å². The third-order valence-corrected chi connectivity index (χ3v) is 3.51. The summed E-state index contributed by atoms with van der Waals surface area (Å²) in [4.78, 5) is 19.8. The number of carbonyl (C=O) groups excluding carboxylic acids is 1. The van der Waals surface area contributed by atoms with E-state index in [9.17, 15) is 9.90 Å². The van der Waals surface area contributed by atoms with E-state index in [0.29, 0.717) is 6.54 Å². The molecule has 1 N–H and O–H groups in total. The van der Waals surface area contributed by atoms with Crippen LogP contribution >= 0.6 is 0 Å². The van der Waals surface area contributed by atoms with Gasteiger partial charge in [-0.05, 0) is 19.4 Å². The van der Waals surface area contributed by atoms with E-state index in [1.807, 2.05) is 17.0 Å². The maximum absolute atomic E-state index is 11.4. The van der Waals surface area contributed by atoms with Crippen LogP contribution in [0.25, 0.3) is 0 Å². The zero-order valence-corrected chi connectivity index (χ0v) is 11.5. The Kier molecular flexibility index (Phi) is 4.37. The van der Waals surface area contributed by atoms with Crippen LogP contribution in [0.5, 0.6) is 0 Å². The molecule has 1 aliphatic heterocycles. The molecule has 1 aromatic heterocycles. The Morgan fingerprint density at radius 2 is 2.16 bits per heavy atom. The van der Waals surface area contributed by atoms with Crippen molar-refractivity contribution >= 4 is 11.7 Å². The second-order valence-corrected chi connectivity index (χ2v) is 4.94. The number of aliphatic hydroxyl groups excluding tert-OH is 1. The van der Waals surface area contributed by atoms with Gasteiger partial charge in [0, 0.05) is 44.9 Å². The van der Waals surface area contributed by atoms with Crippen LogP contribution in [0.1, 0.15) is 31.9 Å². The molecule has 0 spiro atoms. The molecule has 0 radical (unpaired) electrons. The number of nitrogens with zero attached hydrogens (tertiary/aromatic N) is 3. The molecule has 1 aromatic rings. The number of amides is 1. The molecule has 2 rings (SSSR count). The second kappa shape index (κ2) is 6.02. The minimum Gasteiger partial charge on any atom is -0.389 e. The number of aromatic nitrogens is 1. The lowest BCUT2D eigenvalue weighted by atomic mass is 10.1. The first kappa shape index (κ1) is 13.8. The van der Waals surface area contributed by atoms with Crippen LogP contribution in [-0.4, -0.2) is 47.1 Å². The quantitative estimate of drug-likeness (QED) is 0.871. The molecule has 1 amide bonds. The number of aliphatic hydroxyl groups is 1. The summed E-state index contributed by atoms with van der Waals surface area (Å²) < 4.78 is 0. The van der Waals surface area contributed by atoms with E-state index >= 15 is 0 Å². The lowest BCUT2D eigenvalue weighted by Gasteiger charge is -2.25. The standard InChI is InChI=1S/C14H21N3O2/c1-11(18)13-5-3-6-15-14(13)17-8-4-7-16(9-10-17)12(2)19/h3,5-6,11,18H,4,7-10H2,1-2H3/t11-/m0/s1. The topological polar surface area (TPSA) is 56.7 Å². The van der Waals surface area contributed by atoms with Gasteiger partial charge in [-0.1, -0.05) is 6.07 Å². The van der Waals surface area contributed by atoms with E-state index in [1.54, 1.807) is 20.0 Å². The van der Waals surface area contributed by atoms with Crippen LogP contribution in [0.2, 0.25) is 0 Å². The molecule has 1 aliphatic rings. The lowest BCUT2D eigenvalue weighted by Crippen LogP contribution is -2.34. The molecule has 0 unspecified atom stereocenters. The minimum atomic E-state index is -0.532. The van der Waals surface area contributed by atoms with E-state index in [2.05, 4.69) is 9.88 Å². The highest BCUT2D eigenvalue weighted by molar-refractivity contribution is 5.73. The summed E-state index contributed by atoms with van der Waals surface area (Å²) in [5.74, 6) is 0.960. The molecule has 0 bridgehead atoms. The van der Waals surface area contributed by atoms with Crippen molar-refractivity contribution in [3.8, 4) is 0 Å². The molecular weight excluding hydrogens is 242 g/mol. The Morgan fingerprint density at radius 3 is 2.84 bits per heavy atom. The van der Waals surface area contributed by atoms with E-state index in [4.69, 9.17) is 0 Å². The summed E-state index contributed by atoms with van der Waals surface area (Å²) in [7, 11) is 0. The number of hydrogen-bond donors (Lipinski definition) is 1. The average molecular weight is 263 g/mol. The Bertz CT molecular complexity index is 448. The van der Waals surface area contributed by atoms with Crippen molar-refractivity contribution in [2.45, 2.75) is 26.4 Å². The summed E-state index contributed by atoms with van der Waals surface area (Å²) >= 11 is 0. The Labute approximate surface area is 113 Å². The number of hydrogen-bond acceptors (Lipinski definition) is 4. The van der Waals surface area contributed by atoms with Gasteiger partial charge in [-0.2, -0.15) is 0 Å². The molecule has 1 saturated heterocycles. The van der Waals surface area contributed by atoms with Gasteiger partial charge in [-0.25, -0.2) is 4.98 Å². The zero-order valence-electron chi connectivity index (χ0n) is 11.5. The molecule has 5 heteroatoms. The molecule has 0 aromatic carbocycles. The maximum Gasteiger partial charge on any atom is 0.219 e.